The highest BCUT2D eigenvalue weighted by atomic mass is 35.5. The van der Waals surface area contributed by atoms with Crippen LogP contribution in [0.2, 0.25) is 5.02 Å². The van der Waals surface area contributed by atoms with Gasteiger partial charge in [0.25, 0.3) is 11.6 Å². The van der Waals surface area contributed by atoms with E-state index >= 15 is 0 Å². The summed E-state index contributed by atoms with van der Waals surface area (Å²) in [5.41, 5.74) is 2.34. The molecule has 6 nitrogen and oxygen atoms in total. The van der Waals surface area contributed by atoms with Crippen LogP contribution in [-0.4, -0.2) is 23.9 Å². The summed E-state index contributed by atoms with van der Waals surface area (Å²) in [6, 6.07) is 12.2. The van der Waals surface area contributed by atoms with Crippen molar-refractivity contribution in [1.82, 2.24) is 5.32 Å². The van der Waals surface area contributed by atoms with E-state index in [1.54, 1.807) is 18.2 Å². The Morgan fingerprint density at radius 3 is 2.52 bits per heavy atom. The molecule has 1 saturated carbocycles. The van der Waals surface area contributed by atoms with E-state index in [9.17, 15) is 14.9 Å². The molecule has 2 aromatic carbocycles. The Morgan fingerprint density at radius 2 is 1.96 bits per heavy atom. The zero-order valence-corrected chi connectivity index (χ0v) is 14.5. The van der Waals surface area contributed by atoms with Crippen LogP contribution in [0.15, 0.2) is 42.5 Å². The van der Waals surface area contributed by atoms with Gasteiger partial charge in [-0.15, -0.1) is 0 Å². The summed E-state index contributed by atoms with van der Waals surface area (Å²) in [5.74, 6) is -0.0409. The summed E-state index contributed by atoms with van der Waals surface area (Å²) < 4.78 is 0. The van der Waals surface area contributed by atoms with Crippen LogP contribution in [-0.2, 0) is 6.54 Å². The SMILES string of the molecule is CN(Cc1ccc(C(=O)NC2CC2)cc1)c1ccc([N+](=O)[O-])cc1Cl. The highest BCUT2D eigenvalue weighted by Crippen LogP contribution is 2.30. The molecule has 0 aromatic heterocycles. The molecule has 0 heterocycles. The topological polar surface area (TPSA) is 75.5 Å². The molecule has 0 spiro atoms. The quantitative estimate of drug-likeness (QED) is 0.629. The summed E-state index contributed by atoms with van der Waals surface area (Å²) >= 11 is 6.16. The molecule has 0 saturated heterocycles. The van der Waals surface area contributed by atoms with Gasteiger partial charge in [-0.05, 0) is 36.6 Å². The second kappa shape index (κ2) is 7.11. The largest absolute Gasteiger partial charge is 0.369 e. The van der Waals surface area contributed by atoms with E-state index < -0.39 is 4.92 Å². The zero-order chi connectivity index (χ0) is 18.0. The van der Waals surface area contributed by atoms with E-state index in [0.717, 1.165) is 18.4 Å². The molecule has 2 aromatic rings. The number of halogens is 1. The maximum atomic E-state index is 12.0. The molecule has 1 aliphatic rings. The van der Waals surface area contributed by atoms with Crippen molar-refractivity contribution in [1.29, 1.82) is 0 Å². The summed E-state index contributed by atoms with van der Waals surface area (Å²) in [6.07, 6.45) is 2.12. The average molecular weight is 360 g/mol. The van der Waals surface area contributed by atoms with Gasteiger partial charge in [0, 0.05) is 37.3 Å². The number of hydrogen-bond acceptors (Lipinski definition) is 4. The van der Waals surface area contributed by atoms with Gasteiger partial charge in [0.05, 0.1) is 15.6 Å². The van der Waals surface area contributed by atoms with Crippen molar-refractivity contribution in [2.24, 2.45) is 0 Å². The average Bonchev–Trinajstić information content (AvgIpc) is 3.39. The van der Waals surface area contributed by atoms with Gasteiger partial charge >= 0.3 is 0 Å². The van der Waals surface area contributed by atoms with E-state index in [-0.39, 0.29) is 11.6 Å². The number of amides is 1. The number of rotatable bonds is 6. The molecule has 0 unspecified atom stereocenters. The molecular formula is C18H18ClN3O3. The number of anilines is 1. The third-order valence-electron chi connectivity index (χ3n) is 4.10. The Morgan fingerprint density at radius 1 is 1.28 bits per heavy atom. The van der Waals surface area contributed by atoms with E-state index in [4.69, 9.17) is 11.6 Å². The van der Waals surface area contributed by atoms with Gasteiger partial charge in [-0.2, -0.15) is 0 Å². The summed E-state index contributed by atoms with van der Waals surface area (Å²) in [7, 11) is 1.86. The highest BCUT2D eigenvalue weighted by Gasteiger charge is 2.23. The number of nitrogens with zero attached hydrogens (tertiary/aromatic N) is 2. The van der Waals surface area contributed by atoms with Crippen LogP contribution >= 0.6 is 11.6 Å². The number of carbonyl (C=O) groups excluding carboxylic acids is 1. The molecule has 3 rings (SSSR count). The molecule has 0 aliphatic heterocycles. The molecule has 0 radical (unpaired) electrons. The predicted molar refractivity (Wildman–Crippen MR) is 97.1 cm³/mol. The van der Waals surface area contributed by atoms with Crippen LogP contribution in [0, 0.1) is 10.1 Å². The van der Waals surface area contributed by atoms with Crippen LogP contribution < -0.4 is 10.2 Å². The molecule has 1 aliphatic carbocycles. The zero-order valence-electron chi connectivity index (χ0n) is 13.7. The molecule has 130 valence electrons. The van der Waals surface area contributed by atoms with Crippen LogP contribution in [0.3, 0.4) is 0 Å². The minimum atomic E-state index is -0.471. The monoisotopic (exact) mass is 359 g/mol. The maximum absolute atomic E-state index is 12.0. The number of nitro groups is 1. The van der Waals surface area contributed by atoms with Crippen LogP contribution in [0.5, 0.6) is 0 Å². The number of carbonyl (C=O) groups is 1. The molecule has 7 heteroatoms. The second-order valence-electron chi connectivity index (χ2n) is 6.19. The van der Waals surface area contributed by atoms with Crippen molar-refractivity contribution < 1.29 is 9.72 Å². The normalized spacial score (nSPS) is 13.4. The molecule has 0 bridgehead atoms. The van der Waals surface area contributed by atoms with Gasteiger partial charge in [0.1, 0.15) is 0 Å². The first-order valence-corrected chi connectivity index (χ1v) is 8.37. The van der Waals surface area contributed by atoms with Gasteiger partial charge in [-0.1, -0.05) is 23.7 Å². The first-order chi connectivity index (χ1) is 11.9. The van der Waals surface area contributed by atoms with E-state index in [1.807, 2.05) is 24.1 Å². The molecular weight excluding hydrogens is 342 g/mol. The Labute approximate surface area is 150 Å². The van der Waals surface area contributed by atoms with Gasteiger partial charge in [-0.25, -0.2) is 0 Å². The fourth-order valence-corrected chi connectivity index (χ4v) is 2.85. The molecule has 1 amide bonds. The van der Waals surface area contributed by atoms with Gasteiger partial charge in [0.15, 0.2) is 0 Å². The minimum absolute atomic E-state index is 0.0341. The summed E-state index contributed by atoms with van der Waals surface area (Å²) in [6.45, 7) is 0.571. The van der Waals surface area contributed by atoms with Crippen molar-refractivity contribution in [2.45, 2.75) is 25.4 Å². The Bertz CT molecular complexity index is 804. The lowest BCUT2D eigenvalue weighted by Gasteiger charge is -2.20. The second-order valence-corrected chi connectivity index (χ2v) is 6.60. The van der Waals surface area contributed by atoms with Crippen molar-refractivity contribution in [3.63, 3.8) is 0 Å². The Kier molecular flexibility index (Phi) is 4.90. The number of nitro benzene ring substituents is 1. The van der Waals surface area contributed by atoms with Crippen LogP contribution in [0.4, 0.5) is 11.4 Å². The molecule has 0 atom stereocenters. The third-order valence-corrected chi connectivity index (χ3v) is 4.40. The highest BCUT2D eigenvalue weighted by molar-refractivity contribution is 6.33. The standard InChI is InChI=1S/C18H18ClN3O3/c1-21(17-9-8-15(22(24)25)10-16(17)19)11-12-2-4-13(5-3-12)18(23)20-14-6-7-14/h2-5,8-10,14H,6-7,11H2,1H3,(H,20,23). The molecule has 25 heavy (non-hydrogen) atoms. The summed E-state index contributed by atoms with van der Waals surface area (Å²) in [4.78, 5) is 24.2. The number of non-ortho nitro benzene ring substituents is 1. The predicted octanol–water partition coefficient (Wildman–Crippen LogP) is 3.78. The Balaban J connectivity index is 1.67. The van der Waals surface area contributed by atoms with Crippen LogP contribution in [0.1, 0.15) is 28.8 Å². The van der Waals surface area contributed by atoms with Crippen molar-refractivity contribution in [3.8, 4) is 0 Å². The lowest BCUT2D eigenvalue weighted by molar-refractivity contribution is -0.384. The van der Waals surface area contributed by atoms with Crippen molar-refractivity contribution >= 4 is 28.9 Å². The van der Waals surface area contributed by atoms with E-state index in [1.165, 1.54) is 12.1 Å². The lowest BCUT2D eigenvalue weighted by Crippen LogP contribution is -2.25. The first kappa shape index (κ1) is 17.2. The maximum Gasteiger partial charge on any atom is 0.271 e. The molecule has 1 N–H and O–H groups in total. The third kappa shape index (κ3) is 4.28. The van der Waals surface area contributed by atoms with E-state index in [0.29, 0.717) is 28.9 Å². The lowest BCUT2D eigenvalue weighted by atomic mass is 10.1. The smallest absolute Gasteiger partial charge is 0.271 e. The van der Waals surface area contributed by atoms with Crippen molar-refractivity contribution in [2.75, 3.05) is 11.9 Å². The first-order valence-electron chi connectivity index (χ1n) is 7.99. The minimum Gasteiger partial charge on any atom is -0.369 e. The van der Waals surface area contributed by atoms with Crippen LogP contribution in [0.25, 0.3) is 0 Å². The van der Waals surface area contributed by atoms with E-state index in [2.05, 4.69) is 5.32 Å². The molecule has 1 fully saturated rings. The van der Waals surface area contributed by atoms with Gasteiger partial charge in [-0.3, -0.25) is 14.9 Å². The number of hydrogen-bond donors (Lipinski definition) is 1. The summed E-state index contributed by atoms with van der Waals surface area (Å²) in [5, 5.41) is 14.1. The number of benzene rings is 2. The fraction of sp³-hybridized carbons (Fsp3) is 0.278. The Hall–Kier alpha value is -2.60. The van der Waals surface area contributed by atoms with Gasteiger partial charge in [0.2, 0.25) is 0 Å². The van der Waals surface area contributed by atoms with Crippen molar-refractivity contribution in [3.05, 3.63) is 68.7 Å². The number of nitrogens with one attached hydrogen (secondary N) is 1. The van der Waals surface area contributed by atoms with Gasteiger partial charge < -0.3 is 10.2 Å². The fourth-order valence-electron chi connectivity index (χ4n) is 2.54.